The number of thiophene rings is 1. The molecule has 0 bridgehead atoms. The second-order valence-electron chi connectivity index (χ2n) is 4.54. The van der Waals surface area contributed by atoms with Crippen molar-refractivity contribution in [2.75, 3.05) is 5.75 Å². The lowest BCUT2D eigenvalue weighted by molar-refractivity contribution is -0.148. The number of hydrogen-bond acceptors (Lipinski definition) is 4. The number of carboxylic acid groups (broad SMARTS) is 1. The first-order valence-electron chi connectivity index (χ1n) is 6.30. The summed E-state index contributed by atoms with van der Waals surface area (Å²) < 4.78 is 0. The summed E-state index contributed by atoms with van der Waals surface area (Å²) in [5.74, 6) is -0.478. The van der Waals surface area contributed by atoms with Crippen molar-refractivity contribution in [3.63, 3.8) is 0 Å². The molecule has 104 valence electrons. The molecule has 0 aliphatic carbocycles. The van der Waals surface area contributed by atoms with Gasteiger partial charge in [0, 0.05) is 5.75 Å². The van der Waals surface area contributed by atoms with Gasteiger partial charge in [0.15, 0.2) is 0 Å². The van der Waals surface area contributed by atoms with Gasteiger partial charge in [-0.15, -0.1) is 11.8 Å². The molecule has 6 heteroatoms. The Labute approximate surface area is 120 Å². The first kappa shape index (κ1) is 14.4. The summed E-state index contributed by atoms with van der Waals surface area (Å²) in [7, 11) is 0. The Bertz CT molecular complexity index is 447. The predicted molar refractivity (Wildman–Crippen MR) is 77.4 cm³/mol. The van der Waals surface area contributed by atoms with Crippen LogP contribution < -0.4 is 0 Å². The van der Waals surface area contributed by atoms with Gasteiger partial charge in [0.05, 0.1) is 11.8 Å². The highest BCUT2D eigenvalue weighted by atomic mass is 32.2. The number of carbonyl (C=O) groups is 2. The third-order valence-corrected chi connectivity index (χ3v) is 5.22. The fraction of sp³-hybridized carbons (Fsp3) is 0.538. The van der Waals surface area contributed by atoms with E-state index in [-0.39, 0.29) is 11.3 Å². The zero-order chi connectivity index (χ0) is 13.8. The lowest BCUT2D eigenvalue weighted by Crippen LogP contribution is -2.46. The summed E-state index contributed by atoms with van der Waals surface area (Å²) in [6.45, 7) is 2.05. The number of carboxylic acids is 1. The van der Waals surface area contributed by atoms with Gasteiger partial charge < -0.3 is 10.0 Å². The monoisotopic (exact) mass is 299 g/mol. The molecule has 0 saturated carbocycles. The maximum atomic E-state index is 12.4. The van der Waals surface area contributed by atoms with E-state index in [9.17, 15) is 14.7 Å². The van der Waals surface area contributed by atoms with Gasteiger partial charge in [-0.25, -0.2) is 4.79 Å². The number of nitrogens with zero attached hydrogens (tertiary/aromatic N) is 1. The second kappa shape index (κ2) is 6.43. The van der Waals surface area contributed by atoms with Crippen molar-refractivity contribution in [2.45, 2.75) is 37.6 Å². The van der Waals surface area contributed by atoms with Gasteiger partial charge in [0.25, 0.3) is 0 Å². The third kappa shape index (κ3) is 3.30. The van der Waals surface area contributed by atoms with Crippen molar-refractivity contribution in [1.29, 1.82) is 0 Å². The largest absolute Gasteiger partial charge is 0.480 e. The van der Waals surface area contributed by atoms with Gasteiger partial charge in [-0.05, 0) is 28.8 Å². The quantitative estimate of drug-likeness (QED) is 0.907. The number of carbonyl (C=O) groups excluding carboxylic acids is 1. The van der Waals surface area contributed by atoms with E-state index in [1.807, 2.05) is 16.8 Å². The highest BCUT2D eigenvalue weighted by molar-refractivity contribution is 8.00. The van der Waals surface area contributed by atoms with Crippen molar-refractivity contribution in [3.05, 3.63) is 22.4 Å². The number of amides is 1. The Balaban J connectivity index is 2.11. The van der Waals surface area contributed by atoms with E-state index in [4.69, 9.17) is 0 Å². The van der Waals surface area contributed by atoms with Crippen molar-refractivity contribution in [2.24, 2.45) is 0 Å². The molecule has 4 nitrogen and oxygen atoms in total. The maximum Gasteiger partial charge on any atom is 0.327 e. The molecule has 1 saturated heterocycles. The summed E-state index contributed by atoms with van der Waals surface area (Å²) >= 11 is 3.13. The first-order chi connectivity index (χ1) is 9.13. The van der Waals surface area contributed by atoms with Crippen LogP contribution in [0.4, 0.5) is 0 Å². The van der Waals surface area contributed by atoms with Crippen molar-refractivity contribution >= 4 is 35.0 Å². The molecule has 0 aromatic carbocycles. The standard InChI is InChI=1S/C13H17NO3S2/c1-2-3-12-14(10(8-19-12)13(16)17)11(15)6-9-4-5-18-7-9/h4-5,7,10,12H,2-3,6,8H2,1H3,(H,16,17). The van der Waals surface area contributed by atoms with Gasteiger partial charge in [0.1, 0.15) is 6.04 Å². The van der Waals surface area contributed by atoms with Crippen molar-refractivity contribution in [1.82, 2.24) is 4.90 Å². The van der Waals surface area contributed by atoms with Crippen LogP contribution in [0.3, 0.4) is 0 Å². The van der Waals surface area contributed by atoms with Gasteiger partial charge in [0.2, 0.25) is 5.91 Å². The minimum atomic E-state index is -0.898. The van der Waals surface area contributed by atoms with Crippen LogP contribution in [0.2, 0.25) is 0 Å². The number of thioether (sulfide) groups is 1. The SMILES string of the molecule is CCCC1SCC(C(=O)O)N1C(=O)Cc1ccsc1. The molecular formula is C13H17NO3S2. The Morgan fingerprint density at radius 2 is 2.32 bits per heavy atom. The molecule has 1 aliphatic heterocycles. The Morgan fingerprint density at radius 1 is 1.53 bits per heavy atom. The molecule has 0 radical (unpaired) electrons. The second-order valence-corrected chi connectivity index (χ2v) is 6.53. The van der Waals surface area contributed by atoms with Gasteiger partial charge >= 0.3 is 5.97 Å². The fourth-order valence-corrected chi connectivity index (χ4v) is 4.42. The normalized spacial score (nSPS) is 22.7. The van der Waals surface area contributed by atoms with Gasteiger partial charge in [-0.2, -0.15) is 11.3 Å². The van der Waals surface area contributed by atoms with Crippen LogP contribution in [0.5, 0.6) is 0 Å². The van der Waals surface area contributed by atoms with Crippen LogP contribution in [0.25, 0.3) is 0 Å². The van der Waals surface area contributed by atoms with Crippen molar-refractivity contribution < 1.29 is 14.7 Å². The molecule has 2 atom stereocenters. The average molecular weight is 299 g/mol. The van der Waals surface area contributed by atoms with Crippen LogP contribution >= 0.6 is 23.1 Å². The molecule has 1 amide bonds. The van der Waals surface area contributed by atoms with E-state index in [2.05, 4.69) is 6.92 Å². The molecule has 19 heavy (non-hydrogen) atoms. The summed E-state index contributed by atoms with van der Waals surface area (Å²) in [6.07, 6.45) is 2.10. The molecule has 1 N–H and O–H groups in total. The molecule has 2 rings (SSSR count). The Morgan fingerprint density at radius 3 is 2.89 bits per heavy atom. The highest BCUT2D eigenvalue weighted by Crippen LogP contribution is 2.32. The van der Waals surface area contributed by atoms with E-state index < -0.39 is 12.0 Å². The van der Waals surface area contributed by atoms with Crippen LogP contribution in [0.15, 0.2) is 16.8 Å². The number of hydrogen-bond donors (Lipinski definition) is 1. The average Bonchev–Trinajstić information content (AvgIpc) is 2.98. The minimum Gasteiger partial charge on any atom is -0.480 e. The van der Waals surface area contributed by atoms with E-state index in [1.165, 1.54) is 0 Å². The van der Waals surface area contributed by atoms with Crippen LogP contribution in [-0.4, -0.2) is 39.1 Å². The minimum absolute atomic E-state index is 0.0113. The van der Waals surface area contributed by atoms with E-state index in [0.29, 0.717) is 12.2 Å². The van der Waals surface area contributed by atoms with E-state index in [0.717, 1.165) is 18.4 Å². The molecule has 1 fully saturated rings. The topological polar surface area (TPSA) is 57.6 Å². The predicted octanol–water partition coefficient (Wildman–Crippen LogP) is 2.45. The lowest BCUT2D eigenvalue weighted by Gasteiger charge is -2.27. The van der Waals surface area contributed by atoms with E-state index >= 15 is 0 Å². The molecular weight excluding hydrogens is 282 g/mol. The lowest BCUT2D eigenvalue weighted by atomic mass is 10.1. The number of aliphatic carboxylic acids is 1. The maximum absolute atomic E-state index is 12.4. The summed E-state index contributed by atoms with van der Waals surface area (Å²) in [5.41, 5.74) is 0.964. The fourth-order valence-electron chi connectivity index (χ4n) is 2.22. The molecule has 0 spiro atoms. The van der Waals surface area contributed by atoms with Crippen LogP contribution in [0.1, 0.15) is 25.3 Å². The molecule has 1 aliphatic rings. The van der Waals surface area contributed by atoms with Gasteiger partial charge in [-0.3, -0.25) is 4.79 Å². The summed E-state index contributed by atoms with van der Waals surface area (Å²) in [4.78, 5) is 25.2. The zero-order valence-electron chi connectivity index (χ0n) is 10.7. The zero-order valence-corrected chi connectivity index (χ0v) is 12.4. The smallest absolute Gasteiger partial charge is 0.327 e. The Hall–Kier alpha value is -1.01. The van der Waals surface area contributed by atoms with E-state index in [1.54, 1.807) is 28.0 Å². The van der Waals surface area contributed by atoms with Crippen molar-refractivity contribution in [3.8, 4) is 0 Å². The van der Waals surface area contributed by atoms with Crippen LogP contribution in [0, 0.1) is 0 Å². The van der Waals surface area contributed by atoms with Gasteiger partial charge in [-0.1, -0.05) is 13.3 Å². The molecule has 2 unspecified atom stereocenters. The highest BCUT2D eigenvalue weighted by Gasteiger charge is 2.40. The molecule has 1 aromatic rings. The number of rotatable bonds is 5. The molecule has 1 aromatic heterocycles. The Kier molecular flexibility index (Phi) is 4.87. The molecule has 2 heterocycles. The van der Waals surface area contributed by atoms with Crippen LogP contribution in [-0.2, 0) is 16.0 Å². The first-order valence-corrected chi connectivity index (χ1v) is 8.29. The summed E-state index contributed by atoms with van der Waals surface area (Å²) in [5, 5.41) is 13.1. The summed E-state index contributed by atoms with van der Waals surface area (Å²) in [6, 6.07) is 1.24. The third-order valence-electron chi connectivity index (χ3n) is 3.14.